The lowest BCUT2D eigenvalue weighted by Crippen LogP contribution is -2.34. The summed E-state index contributed by atoms with van der Waals surface area (Å²) in [6.45, 7) is 3.28. The second kappa shape index (κ2) is 6.52. The van der Waals surface area contributed by atoms with Gasteiger partial charge in [0.1, 0.15) is 0 Å². The third kappa shape index (κ3) is 3.55. The van der Waals surface area contributed by atoms with Crippen LogP contribution >= 0.6 is 11.6 Å². The van der Waals surface area contributed by atoms with Gasteiger partial charge in [0, 0.05) is 10.6 Å². The lowest BCUT2D eigenvalue weighted by molar-refractivity contribution is -0.154. The van der Waals surface area contributed by atoms with E-state index in [0.717, 1.165) is 0 Å². The van der Waals surface area contributed by atoms with Gasteiger partial charge in [-0.15, -0.1) is 0 Å². The van der Waals surface area contributed by atoms with Crippen molar-refractivity contribution in [1.82, 2.24) is 0 Å². The highest BCUT2D eigenvalue weighted by Gasteiger charge is 2.29. The van der Waals surface area contributed by atoms with Crippen molar-refractivity contribution in [1.29, 1.82) is 0 Å². The number of rotatable bonds is 5. The van der Waals surface area contributed by atoms with E-state index < -0.39 is 18.0 Å². The molecule has 0 saturated carbocycles. The molecule has 1 unspecified atom stereocenters. The summed E-state index contributed by atoms with van der Waals surface area (Å²) in [6.07, 6.45) is -1.45. The second-order valence-corrected chi connectivity index (χ2v) is 4.29. The number of esters is 1. The molecular weight excluding hydrogens is 256 g/mol. The molecule has 0 bridgehead atoms. The number of hydrogen-bond donors (Lipinski definition) is 1. The molecule has 1 rings (SSSR count). The van der Waals surface area contributed by atoms with E-state index in [2.05, 4.69) is 4.74 Å². The Morgan fingerprint density at radius 3 is 2.39 bits per heavy atom. The minimum atomic E-state index is -1.45. The first-order valence-electron chi connectivity index (χ1n) is 5.61. The topological polar surface area (TPSA) is 63.6 Å². The van der Waals surface area contributed by atoms with Crippen LogP contribution in [-0.4, -0.2) is 29.6 Å². The Balaban J connectivity index is 2.77. The predicted molar refractivity (Wildman–Crippen MR) is 67.6 cm³/mol. The van der Waals surface area contributed by atoms with Crippen LogP contribution in [0, 0.1) is 5.92 Å². The standard InChI is InChI=1S/C13H15ClO4/c1-3-18-13(17)12(16)8(2)11(15)9-4-6-10(14)7-5-9/h4-8,12,16H,3H2,1-2H3/t8?,12-/m0/s1. The van der Waals surface area contributed by atoms with Gasteiger partial charge in [-0.2, -0.15) is 0 Å². The maximum Gasteiger partial charge on any atom is 0.335 e. The Labute approximate surface area is 111 Å². The number of halogens is 1. The number of benzene rings is 1. The minimum absolute atomic E-state index is 0.164. The van der Waals surface area contributed by atoms with Gasteiger partial charge in [-0.25, -0.2) is 4.79 Å². The second-order valence-electron chi connectivity index (χ2n) is 3.86. The van der Waals surface area contributed by atoms with Crippen LogP contribution in [0.2, 0.25) is 5.02 Å². The average molecular weight is 271 g/mol. The van der Waals surface area contributed by atoms with E-state index in [1.165, 1.54) is 6.92 Å². The molecule has 0 saturated heterocycles. The van der Waals surface area contributed by atoms with Gasteiger partial charge in [-0.3, -0.25) is 4.79 Å². The van der Waals surface area contributed by atoms with Crippen molar-refractivity contribution in [2.75, 3.05) is 6.61 Å². The molecule has 0 aliphatic heterocycles. The van der Waals surface area contributed by atoms with Crippen molar-refractivity contribution >= 4 is 23.4 Å². The van der Waals surface area contributed by atoms with E-state index in [0.29, 0.717) is 10.6 Å². The molecule has 4 nitrogen and oxygen atoms in total. The molecule has 1 aromatic carbocycles. The summed E-state index contributed by atoms with van der Waals surface area (Å²) >= 11 is 5.72. The summed E-state index contributed by atoms with van der Waals surface area (Å²) in [7, 11) is 0. The van der Waals surface area contributed by atoms with Gasteiger partial charge in [0.05, 0.1) is 12.5 Å². The van der Waals surface area contributed by atoms with E-state index in [9.17, 15) is 14.7 Å². The zero-order chi connectivity index (χ0) is 13.7. The number of carbonyl (C=O) groups excluding carboxylic acids is 2. The molecule has 0 amide bonds. The first-order valence-corrected chi connectivity index (χ1v) is 5.99. The smallest absolute Gasteiger partial charge is 0.335 e. The van der Waals surface area contributed by atoms with Crippen molar-refractivity contribution in [3.05, 3.63) is 34.9 Å². The highest BCUT2D eigenvalue weighted by molar-refractivity contribution is 6.30. The van der Waals surface area contributed by atoms with E-state index in [1.807, 2.05) is 0 Å². The Morgan fingerprint density at radius 2 is 1.89 bits per heavy atom. The van der Waals surface area contributed by atoms with Gasteiger partial charge < -0.3 is 9.84 Å². The van der Waals surface area contributed by atoms with Crippen molar-refractivity contribution in [3.8, 4) is 0 Å². The zero-order valence-corrected chi connectivity index (χ0v) is 11.0. The molecular formula is C13H15ClO4. The fourth-order valence-electron chi connectivity index (χ4n) is 1.45. The van der Waals surface area contributed by atoms with Crippen LogP contribution in [0.5, 0.6) is 0 Å². The van der Waals surface area contributed by atoms with Crippen LogP contribution in [0.15, 0.2) is 24.3 Å². The molecule has 0 aliphatic rings. The highest BCUT2D eigenvalue weighted by Crippen LogP contribution is 2.16. The van der Waals surface area contributed by atoms with Gasteiger partial charge in [0.25, 0.3) is 0 Å². The van der Waals surface area contributed by atoms with Crippen LogP contribution in [0.3, 0.4) is 0 Å². The number of ketones is 1. The fraction of sp³-hybridized carbons (Fsp3) is 0.385. The summed E-state index contributed by atoms with van der Waals surface area (Å²) < 4.78 is 4.67. The molecule has 0 fully saturated rings. The number of carbonyl (C=O) groups is 2. The number of aliphatic hydroxyl groups is 1. The molecule has 18 heavy (non-hydrogen) atoms. The molecule has 0 spiro atoms. The normalized spacial score (nSPS) is 13.8. The third-order valence-electron chi connectivity index (χ3n) is 2.54. The molecule has 5 heteroatoms. The van der Waals surface area contributed by atoms with Gasteiger partial charge in [-0.1, -0.05) is 18.5 Å². The van der Waals surface area contributed by atoms with Crippen molar-refractivity contribution < 1.29 is 19.4 Å². The Hall–Kier alpha value is -1.39. The predicted octanol–water partition coefficient (Wildman–Crippen LogP) is 2.08. The monoisotopic (exact) mass is 270 g/mol. The van der Waals surface area contributed by atoms with Gasteiger partial charge >= 0.3 is 5.97 Å². The van der Waals surface area contributed by atoms with E-state index in [-0.39, 0.29) is 12.4 Å². The highest BCUT2D eigenvalue weighted by atomic mass is 35.5. The summed E-state index contributed by atoms with van der Waals surface area (Å²) in [6, 6.07) is 6.27. The number of Topliss-reactive ketones (excluding diaryl/α,β-unsaturated/α-hetero) is 1. The summed E-state index contributed by atoms with van der Waals surface area (Å²) in [4.78, 5) is 23.3. The Morgan fingerprint density at radius 1 is 1.33 bits per heavy atom. The van der Waals surface area contributed by atoms with Crippen LogP contribution in [0.4, 0.5) is 0 Å². The lowest BCUT2D eigenvalue weighted by Gasteiger charge is -2.16. The van der Waals surface area contributed by atoms with Crippen molar-refractivity contribution in [3.63, 3.8) is 0 Å². The maximum atomic E-state index is 12.0. The van der Waals surface area contributed by atoms with Crippen molar-refractivity contribution in [2.24, 2.45) is 5.92 Å². The molecule has 1 N–H and O–H groups in total. The number of ether oxygens (including phenoxy) is 1. The Bertz CT molecular complexity index is 427. The van der Waals surface area contributed by atoms with Crippen LogP contribution in [-0.2, 0) is 9.53 Å². The molecule has 0 heterocycles. The van der Waals surface area contributed by atoms with Gasteiger partial charge in [-0.05, 0) is 31.2 Å². The summed E-state index contributed by atoms with van der Waals surface area (Å²) in [5, 5.41) is 10.2. The van der Waals surface area contributed by atoms with E-state index in [4.69, 9.17) is 11.6 Å². The SMILES string of the molecule is CCOC(=O)[C@@H](O)C(C)C(=O)c1ccc(Cl)cc1. The third-order valence-corrected chi connectivity index (χ3v) is 2.80. The number of hydrogen-bond acceptors (Lipinski definition) is 4. The largest absolute Gasteiger partial charge is 0.464 e. The molecule has 1 aromatic rings. The molecule has 0 aliphatic carbocycles. The fourth-order valence-corrected chi connectivity index (χ4v) is 1.58. The average Bonchev–Trinajstić information content (AvgIpc) is 2.37. The zero-order valence-electron chi connectivity index (χ0n) is 10.2. The van der Waals surface area contributed by atoms with Crippen LogP contribution < -0.4 is 0 Å². The lowest BCUT2D eigenvalue weighted by atomic mass is 9.94. The minimum Gasteiger partial charge on any atom is -0.464 e. The summed E-state index contributed by atoms with van der Waals surface area (Å²) in [5.41, 5.74) is 0.398. The summed E-state index contributed by atoms with van der Waals surface area (Å²) in [5.74, 6) is -1.97. The number of aliphatic hydroxyl groups excluding tert-OH is 1. The van der Waals surface area contributed by atoms with Crippen LogP contribution in [0.1, 0.15) is 24.2 Å². The van der Waals surface area contributed by atoms with E-state index in [1.54, 1.807) is 31.2 Å². The molecule has 0 aromatic heterocycles. The first-order chi connectivity index (χ1) is 8.47. The quantitative estimate of drug-likeness (QED) is 0.657. The van der Waals surface area contributed by atoms with E-state index >= 15 is 0 Å². The Kier molecular flexibility index (Phi) is 5.31. The maximum absolute atomic E-state index is 12.0. The van der Waals surface area contributed by atoms with Crippen LogP contribution in [0.25, 0.3) is 0 Å². The molecule has 2 atom stereocenters. The van der Waals surface area contributed by atoms with Crippen molar-refractivity contribution in [2.45, 2.75) is 20.0 Å². The van der Waals surface area contributed by atoms with Gasteiger partial charge in [0.15, 0.2) is 11.9 Å². The first kappa shape index (κ1) is 14.7. The molecule has 98 valence electrons. The molecule has 0 radical (unpaired) electrons. The van der Waals surface area contributed by atoms with Gasteiger partial charge in [0.2, 0.25) is 0 Å².